The molecule has 2 aromatic heterocycles. The number of esters is 2. The van der Waals surface area contributed by atoms with Gasteiger partial charge in [0.05, 0.1) is 30.6 Å². The van der Waals surface area contributed by atoms with Crippen LogP contribution in [0.1, 0.15) is 23.6 Å². The minimum Gasteiger partial charge on any atom is -0.466 e. The number of aryl methyl sites for hydroxylation is 2. The van der Waals surface area contributed by atoms with Gasteiger partial charge < -0.3 is 14.4 Å². The van der Waals surface area contributed by atoms with Crippen LogP contribution >= 0.6 is 11.8 Å². The average molecular weight is 419 g/mol. The Labute approximate surface area is 171 Å². The van der Waals surface area contributed by atoms with E-state index in [4.69, 9.17) is 4.74 Å². The second-order valence-electron chi connectivity index (χ2n) is 6.37. The number of aromatic nitrogens is 4. The molecule has 0 unspecified atom stereocenters. The summed E-state index contributed by atoms with van der Waals surface area (Å²) in [7, 11) is 1.28. The summed E-state index contributed by atoms with van der Waals surface area (Å²) >= 11 is 1.28. The highest BCUT2D eigenvalue weighted by molar-refractivity contribution is 8.04. The van der Waals surface area contributed by atoms with Crippen molar-refractivity contribution in [2.45, 2.75) is 26.7 Å². The molecule has 3 heterocycles. The zero-order chi connectivity index (χ0) is 21.0. The van der Waals surface area contributed by atoms with E-state index in [0.29, 0.717) is 29.6 Å². The van der Waals surface area contributed by atoms with Crippen molar-refractivity contribution < 1.29 is 23.9 Å². The van der Waals surface area contributed by atoms with Crippen molar-refractivity contribution >= 4 is 35.4 Å². The number of hydrogen-bond acceptors (Lipinski definition) is 9. The van der Waals surface area contributed by atoms with Crippen molar-refractivity contribution in [2.24, 2.45) is 0 Å². The molecule has 0 spiro atoms. The number of carbonyl (C=O) groups is 3. The lowest BCUT2D eigenvalue weighted by Gasteiger charge is -2.16. The first kappa shape index (κ1) is 20.8. The molecular weight excluding hydrogens is 398 g/mol. The molecule has 0 radical (unpaired) electrons. The molecule has 1 aliphatic heterocycles. The van der Waals surface area contributed by atoms with Gasteiger partial charge in [-0.3, -0.25) is 9.59 Å². The number of carbonyl (C=O) groups excluding carboxylic acids is 3. The fraction of sp³-hybridized carbons (Fsp3) is 0.444. The van der Waals surface area contributed by atoms with Crippen LogP contribution in [0.15, 0.2) is 17.2 Å². The van der Waals surface area contributed by atoms with Gasteiger partial charge in [-0.15, -0.1) is 5.10 Å². The van der Waals surface area contributed by atoms with E-state index in [1.807, 2.05) is 19.9 Å². The molecule has 0 bridgehead atoms. The fourth-order valence-corrected chi connectivity index (χ4v) is 3.76. The minimum absolute atomic E-state index is 0.0617. The van der Waals surface area contributed by atoms with Crippen LogP contribution in [0.4, 0.5) is 0 Å². The van der Waals surface area contributed by atoms with Gasteiger partial charge >= 0.3 is 11.9 Å². The van der Waals surface area contributed by atoms with Gasteiger partial charge in [0.25, 0.3) is 5.78 Å². The molecule has 3 rings (SSSR count). The van der Waals surface area contributed by atoms with E-state index in [-0.39, 0.29) is 24.7 Å². The van der Waals surface area contributed by atoms with Crippen LogP contribution in [0.2, 0.25) is 0 Å². The van der Waals surface area contributed by atoms with E-state index < -0.39 is 11.9 Å². The molecule has 0 aliphatic carbocycles. The van der Waals surface area contributed by atoms with E-state index in [1.165, 1.54) is 29.8 Å². The van der Waals surface area contributed by atoms with Crippen LogP contribution in [0.3, 0.4) is 0 Å². The van der Waals surface area contributed by atoms with E-state index in [1.54, 1.807) is 4.52 Å². The molecule has 0 saturated carbocycles. The Morgan fingerprint density at radius 3 is 2.86 bits per heavy atom. The monoisotopic (exact) mass is 419 g/mol. The molecule has 2 aromatic rings. The van der Waals surface area contributed by atoms with Crippen LogP contribution in [0.5, 0.6) is 0 Å². The highest BCUT2D eigenvalue weighted by atomic mass is 32.2. The SMILES string of the molecule is COC(=O)/C=C1/SCC(=O)N1CCCOC(=O)Cc1nc2nc(C)cc(C)n2n1. The summed E-state index contributed by atoms with van der Waals surface area (Å²) in [5.74, 6) is -0.00888. The quantitative estimate of drug-likeness (QED) is 0.365. The average Bonchev–Trinajstić information content (AvgIpc) is 3.22. The van der Waals surface area contributed by atoms with Gasteiger partial charge in [-0.1, -0.05) is 11.8 Å². The highest BCUT2D eigenvalue weighted by Gasteiger charge is 2.27. The molecule has 0 atom stereocenters. The molecule has 0 N–H and O–H groups in total. The van der Waals surface area contributed by atoms with Crippen molar-refractivity contribution in [2.75, 3.05) is 26.0 Å². The molecule has 11 heteroatoms. The second-order valence-corrected chi connectivity index (χ2v) is 7.36. The van der Waals surface area contributed by atoms with Crippen LogP contribution in [0, 0.1) is 13.8 Å². The van der Waals surface area contributed by atoms with Crippen LogP contribution in [-0.4, -0.2) is 68.3 Å². The smallest absolute Gasteiger partial charge is 0.333 e. The number of hydrogen-bond donors (Lipinski definition) is 0. The number of nitrogens with zero attached hydrogens (tertiary/aromatic N) is 5. The number of ether oxygens (including phenoxy) is 2. The first-order valence-corrected chi connectivity index (χ1v) is 9.94. The van der Waals surface area contributed by atoms with Crippen molar-refractivity contribution in [1.29, 1.82) is 0 Å². The Kier molecular flexibility index (Phi) is 6.47. The van der Waals surface area contributed by atoms with Gasteiger partial charge in [0.2, 0.25) is 5.91 Å². The molecule has 1 aliphatic rings. The third-order valence-electron chi connectivity index (χ3n) is 4.11. The minimum atomic E-state index is -0.515. The van der Waals surface area contributed by atoms with Crippen molar-refractivity contribution in [3.63, 3.8) is 0 Å². The molecular formula is C18H21N5O5S. The summed E-state index contributed by atoms with van der Waals surface area (Å²) in [6.45, 7) is 4.24. The van der Waals surface area contributed by atoms with Crippen LogP contribution in [-0.2, 0) is 30.3 Å². The van der Waals surface area contributed by atoms with Crippen molar-refractivity contribution in [3.8, 4) is 0 Å². The summed E-state index contributed by atoms with van der Waals surface area (Å²) in [4.78, 5) is 45.4. The number of fused-ring (bicyclic) bond motifs is 1. The molecule has 1 fully saturated rings. The van der Waals surface area contributed by atoms with Gasteiger partial charge in [0.15, 0.2) is 5.82 Å². The molecule has 29 heavy (non-hydrogen) atoms. The standard InChI is InChI=1S/C18H21N5O5S/c1-11-7-12(2)23-18(19-11)20-13(21-23)8-17(26)28-6-4-5-22-14(24)10-29-15(22)9-16(25)27-3/h7,9H,4-6,8,10H2,1-3H3/b15-9+. The summed E-state index contributed by atoms with van der Waals surface area (Å²) in [6.07, 6.45) is 1.66. The first-order chi connectivity index (χ1) is 13.9. The Bertz CT molecular complexity index is 986. The van der Waals surface area contributed by atoms with E-state index in [2.05, 4.69) is 19.8 Å². The number of rotatable bonds is 7. The zero-order valence-electron chi connectivity index (χ0n) is 16.4. The lowest BCUT2D eigenvalue weighted by atomic mass is 10.4. The van der Waals surface area contributed by atoms with Gasteiger partial charge in [0, 0.05) is 17.9 Å². The van der Waals surface area contributed by atoms with Gasteiger partial charge in [-0.25, -0.2) is 14.3 Å². The third-order valence-corrected chi connectivity index (χ3v) is 5.13. The second kappa shape index (κ2) is 9.03. The molecule has 154 valence electrons. The number of amides is 1. The maximum Gasteiger partial charge on any atom is 0.333 e. The van der Waals surface area contributed by atoms with Gasteiger partial charge in [0.1, 0.15) is 6.42 Å². The third kappa shape index (κ3) is 5.11. The molecule has 1 saturated heterocycles. The maximum absolute atomic E-state index is 12.1. The molecule has 0 aromatic carbocycles. The number of methoxy groups -OCH3 is 1. The Morgan fingerprint density at radius 2 is 2.10 bits per heavy atom. The Hall–Kier alpha value is -2.95. The molecule has 1 amide bonds. The van der Waals surface area contributed by atoms with Crippen molar-refractivity contribution in [1.82, 2.24) is 24.5 Å². The van der Waals surface area contributed by atoms with Crippen molar-refractivity contribution in [3.05, 3.63) is 34.4 Å². The summed E-state index contributed by atoms with van der Waals surface area (Å²) in [5, 5.41) is 4.82. The number of thioether (sulfide) groups is 1. The van der Waals surface area contributed by atoms with Crippen LogP contribution in [0.25, 0.3) is 5.78 Å². The molecule has 10 nitrogen and oxygen atoms in total. The lowest BCUT2D eigenvalue weighted by Crippen LogP contribution is -2.27. The van der Waals surface area contributed by atoms with Gasteiger partial charge in [-0.05, 0) is 26.3 Å². The first-order valence-electron chi connectivity index (χ1n) is 8.95. The highest BCUT2D eigenvalue weighted by Crippen LogP contribution is 2.28. The van der Waals surface area contributed by atoms with Crippen LogP contribution < -0.4 is 0 Å². The summed E-state index contributed by atoms with van der Waals surface area (Å²) < 4.78 is 11.4. The summed E-state index contributed by atoms with van der Waals surface area (Å²) in [5.41, 5.74) is 1.70. The van der Waals surface area contributed by atoms with E-state index in [0.717, 1.165) is 11.4 Å². The fourth-order valence-electron chi connectivity index (χ4n) is 2.80. The normalized spacial score (nSPS) is 15.3. The van der Waals surface area contributed by atoms with E-state index in [9.17, 15) is 14.4 Å². The predicted octanol–water partition coefficient (Wildman–Crippen LogP) is 0.807. The summed E-state index contributed by atoms with van der Waals surface area (Å²) in [6, 6.07) is 1.88. The topological polar surface area (TPSA) is 116 Å². The predicted molar refractivity (Wildman–Crippen MR) is 104 cm³/mol. The Balaban J connectivity index is 1.49. The largest absolute Gasteiger partial charge is 0.466 e. The lowest BCUT2D eigenvalue weighted by molar-refractivity contribution is -0.143. The van der Waals surface area contributed by atoms with E-state index >= 15 is 0 Å². The maximum atomic E-state index is 12.1. The Morgan fingerprint density at radius 1 is 1.31 bits per heavy atom. The van der Waals surface area contributed by atoms with Gasteiger partial charge in [-0.2, -0.15) is 4.98 Å². The zero-order valence-corrected chi connectivity index (χ0v) is 17.2.